The summed E-state index contributed by atoms with van der Waals surface area (Å²) in [6.07, 6.45) is 11.3. The lowest BCUT2D eigenvalue weighted by Gasteiger charge is -2.31. The smallest absolute Gasteiger partial charge is 0.255 e. The molecule has 2 atom stereocenters. The molecule has 0 bridgehead atoms. The minimum absolute atomic E-state index is 0.00680. The van der Waals surface area contributed by atoms with Crippen LogP contribution in [0.1, 0.15) is 49.4 Å². The van der Waals surface area contributed by atoms with Crippen molar-refractivity contribution < 1.29 is 4.79 Å². The number of hydrogen-bond donors (Lipinski definition) is 2. The number of thioether (sulfide) groups is 1. The van der Waals surface area contributed by atoms with Crippen LogP contribution in [-0.4, -0.2) is 35.0 Å². The van der Waals surface area contributed by atoms with Crippen molar-refractivity contribution in [2.24, 2.45) is 0 Å². The Bertz CT molecular complexity index is 467. The van der Waals surface area contributed by atoms with Gasteiger partial charge in [-0.1, -0.05) is 19.8 Å². The van der Waals surface area contributed by atoms with Gasteiger partial charge in [0.05, 0.1) is 11.3 Å². The molecule has 1 aromatic rings. The molecule has 1 amide bonds. The van der Waals surface area contributed by atoms with Crippen molar-refractivity contribution in [3.63, 3.8) is 0 Å². The van der Waals surface area contributed by atoms with Crippen LogP contribution in [-0.2, 0) is 0 Å². The molecule has 2 unspecified atom stereocenters. The summed E-state index contributed by atoms with van der Waals surface area (Å²) in [5, 5.41) is 7.05. The van der Waals surface area contributed by atoms with Gasteiger partial charge in [-0.3, -0.25) is 9.78 Å². The van der Waals surface area contributed by atoms with Gasteiger partial charge < -0.3 is 10.6 Å². The van der Waals surface area contributed by atoms with Crippen LogP contribution in [0.2, 0.25) is 0 Å². The number of pyridine rings is 1. The summed E-state index contributed by atoms with van der Waals surface area (Å²) >= 11 is 1.86. The van der Waals surface area contributed by atoms with Gasteiger partial charge in [0.2, 0.25) is 0 Å². The Morgan fingerprint density at radius 3 is 3.00 bits per heavy atom. The fourth-order valence-electron chi connectivity index (χ4n) is 2.78. The van der Waals surface area contributed by atoms with Crippen molar-refractivity contribution in [1.29, 1.82) is 0 Å². The highest BCUT2D eigenvalue weighted by molar-refractivity contribution is 7.99. The van der Waals surface area contributed by atoms with Crippen molar-refractivity contribution in [3.05, 3.63) is 24.0 Å². The molecule has 21 heavy (non-hydrogen) atoms. The SMILES string of the molecule is CCCNc1ccncc1C(=O)NC1CCCCC1SC. The van der Waals surface area contributed by atoms with E-state index in [4.69, 9.17) is 0 Å². The van der Waals surface area contributed by atoms with Crippen LogP contribution in [0.15, 0.2) is 18.5 Å². The lowest BCUT2D eigenvalue weighted by Crippen LogP contribution is -2.43. The molecule has 0 radical (unpaired) electrons. The third-order valence-electron chi connectivity index (χ3n) is 3.95. The van der Waals surface area contributed by atoms with E-state index in [0.717, 1.165) is 25.1 Å². The first-order valence-corrected chi connectivity index (χ1v) is 9.06. The Labute approximate surface area is 131 Å². The summed E-state index contributed by atoms with van der Waals surface area (Å²) in [5.74, 6) is -0.00680. The van der Waals surface area contributed by atoms with Gasteiger partial charge in [-0.05, 0) is 31.6 Å². The summed E-state index contributed by atoms with van der Waals surface area (Å²) in [5.41, 5.74) is 1.53. The Balaban J connectivity index is 2.05. The van der Waals surface area contributed by atoms with Crippen molar-refractivity contribution in [1.82, 2.24) is 10.3 Å². The van der Waals surface area contributed by atoms with Crippen LogP contribution in [0.5, 0.6) is 0 Å². The second kappa shape index (κ2) is 8.27. The molecule has 0 saturated heterocycles. The first-order valence-electron chi connectivity index (χ1n) is 7.77. The average Bonchev–Trinajstić information content (AvgIpc) is 2.53. The van der Waals surface area contributed by atoms with Crippen molar-refractivity contribution in [3.8, 4) is 0 Å². The summed E-state index contributed by atoms with van der Waals surface area (Å²) in [6, 6.07) is 2.15. The number of nitrogens with zero attached hydrogens (tertiary/aromatic N) is 1. The minimum atomic E-state index is -0.00680. The topological polar surface area (TPSA) is 54.0 Å². The molecule has 0 spiro atoms. The molecule has 1 aromatic heterocycles. The molecule has 0 aliphatic heterocycles. The van der Waals surface area contributed by atoms with Gasteiger partial charge in [0.15, 0.2) is 0 Å². The normalized spacial score (nSPS) is 21.8. The van der Waals surface area contributed by atoms with E-state index >= 15 is 0 Å². The Kier molecular flexibility index (Phi) is 6.36. The zero-order chi connectivity index (χ0) is 15.1. The molecule has 2 N–H and O–H groups in total. The summed E-state index contributed by atoms with van der Waals surface area (Å²) in [4.78, 5) is 16.7. The van der Waals surface area contributed by atoms with Gasteiger partial charge in [0.1, 0.15) is 0 Å². The van der Waals surface area contributed by atoms with Crippen molar-refractivity contribution >= 4 is 23.4 Å². The quantitative estimate of drug-likeness (QED) is 0.846. The van der Waals surface area contributed by atoms with Crippen LogP contribution in [0, 0.1) is 0 Å². The highest BCUT2D eigenvalue weighted by Crippen LogP contribution is 2.27. The molecule has 4 nitrogen and oxygen atoms in total. The molecule has 0 aromatic carbocycles. The first kappa shape index (κ1) is 16.1. The van der Waals surface area contributed by atoms with Crippen LogP contribution >= 0.6 is 11.8 Å². The molecular formula is C16H25N3OS. The third-order valence-corrected chi connectivity index (χ3v) is 5.12. The number of nitrogens with one attached hydrogen (secondary N) is 2. The molecule has 1 aliphatic carbocycles. The maximum atomic E-state index is 12.6. The van der Waals surface area contributed by atoms with Crippen molar-refractivity contribution in [2.45, 2.75) is 50.3 Å². The predicted molar refractivity (Wildman–Crippen MR) is 90.0 cm³/mol. The Morgan fingerprint density at radius 2 is 2.24 bits per heavy atom. The fourth-order valence-corrected chi connectivity index (χ4v) is 3.71. The number of carbonyl (C=O) groups excluding carboxylic acids is 1. The highest BCUT2D eigenvalue weighted by atomic mass is 32.2. The number of amides is 1. The zero-order valence-electron chi connectivity index (χ0n) is 12.9. The van der Waals surface area contributed by atoms with E-state index in [2.05, 4.69) is 28.8 Å². The molecule has 1 fully saturated rings. The number of hydrogen-bond acceptors (Lipinski definition) is 4. The lowest BCUT2D eigenvalue weighted by atomic mass is 9.94. The number of aromatic nitrogens is 1. The molecule has 5 heteroatoms. The maximum absolute atomic E-state index is 12.6. The maximum Gasteiger partial charge on any atom is 0.255 e. The highest BCUT2D eigenvalue weighted by Gasteiger charge is 2.26. The number of carbonyl (C=O) groups is 1. The lowest BCUT2D eigenvalue weighted by molar-refractivity contribution is 0.0930. The first-order chi connectivity index (χ1) is 10.3. The second-order valence-corrected chi connectivity index (χ2v) is 6.56. The third kappa shape index (κ3) is 4.37. The fraction of sp³-hybridized carbons (Fsp3) is 0.625. The Hall–Kier alpha value is -1.23. The second-order valence-electron chi connectivity index (χ2n) is 5.49. The number of rotatable bonds is 6. The largest absolute Gasteiger partial charge is 0.384 e. The van der Waals surface area contributed by atoms with Crippen LogP contribution in [0.4, 0.5) is 5.69 Å². The zero-order valence-corrected chi connectivity index (χ0v) is 13.7. The van der Waals surface area contributed by atoms with Crippen LogP contribution < -0.4 is 10.6 Å². The molecule has 2 rings (SSSR count). The predicted octanol–water partition coefficient (Wildman–Crippen LogP) is 3.31. The average molecular weight is 307 g/mol. The minimum Gasteiger partial charge on any atom is -0.384 e. The standard InChI is InChI=1S/C16H25N3OS/c1-3-9-18-13-8-10-17-11-12(13)16(20)19-14-6-4-5-7-15(14)21-2/h8,10-11,14-15H,3-7,9H2,1-2H3,(H,17,18)(H,19,20). The van der Waals surface area contributed by atoms with Gasteiger partial charge in [-0.2, -0.15) is 11.8 Å². The Morgan fingerprint density at radius 1 is 1.43 bits per heavy atom. The molecule has 116 valence electrons. The molecular weight excluding hydrogens is 282 g/mol. The molecule has 1 saturated carbocycles. The van der Waals surface area contributed by atoms with Gasteiger partial charge in [0, 0.05) is 30.2 Å². The van der Waals surface area contributed by atoms with E-state index in [0.29, 0.717) is 10.8 Å². The molecule has 1 aliphatic rings. The van der Waals surface area contributed by atoms with E-state index in [1.54, 1.807) is 12.4 Å². The van der Waals surface area contributed by atoms with E-state index < -0.39 is 0 Å². The van der Waals surface area contributed by atoms with Gasteiger partial charge >= 0.3 is 0 Å². The molecule has 1 heterocycles. The van der Waals surface area contributed by atoms with Crippen molar-refractivity contribution in [2.75, 3.05) is 18.1 Å². The van der Waals surface area contributed by atoms with E-state index in [9.17, 15) is 4.79 Å². The number of anilines is 1. The van der Waals surface area contributed by atoms with E-state index in [1.165, 1.54) is 19.3 Å². The summed E-state index contributed by atoms with van der Waals surface area (Å²) in [6.45, 7) is 2.97. The van der Waals surface area contributed by atoms with Gasteiger partial charge in [-0.15, -0.1) is 0 Å². The van der Waals surface area contributed by atoms with E-state index in [-0.39, 0.29) is 11.9 Å². The summed E-state index contributed by atoms with van der Waals surface area (Å²) < 4.78 is 0. The van der Waals surface area contributed by atoms with E-state index in [1.807, 2.05) is 17.8 Å². The van der Waals surface area contributed by atoms with Crippen LogP contribution in [0.3, 0.4) is 0 Å². The van der Waals surface area contributed by atoms with Gasteiger partial charge in [-0.25, -0.2) is 0 Å². The van der Waals surface area contributed by atoms with Crippen LogP contribution in [0.25, 0.3) is 0 Å². The van der Waals surface area contributed by atoms with Gasteiger partial charge in [0.25, 0.3) is 5.91 Å². The monoisotopic (exact) mass is 307 g/mol. The summed E-state index contributed by atoms with van der Waals surface area (Å²) in [7, 11) is 0.